The standard InChI is InChI=1S/C23H33N5O2/c1-3-30-21-8-7-16(12-17(21)15-29)14-28-11-5-4-6-20(28)23-26-19-13-25-10-9-18(19)22(24-2)27-23/h7-8,12,20,25,29H,3-6,9-11,13-15H2,1-2H3,(H,24,26,27)/t20-/m0/s1. The second-order valence-electron chi connectivity index (χ2n) is 8.05. The van der Waals surface area contributed by atoms with Crippen LogP contribution in [0.1, 0.15) is 60.4 Å². The van der Waals surface area contributed by atoms with Crippen molar-refractivity contribution < 1.29 is 9.84 Å². The van der Waals surface area contributed by atoms with Crippen LogP contribution < -0.4 is 15.4 Å². The van der Waals surface area contributed by atoms with Gasteiger partial charge < -0.3 is 20.5 Å². The lowest BCUT2D eigenvalue weighted by Crippen LogP contribution is -2.35. The minimum Gasteiger partial charge on any atom is -0.494 e. The molecule has 1 saturated heterocycles. The van der Waals surface area contributed by atoms with Crippen LogP contribution in [0.25, 0.3) is 0 Å². The van der Waals surface area contributed by atoms with Crippen molar-refractivity contribution in [2.45, 2.75) is 58.3 Å². The fourth-order valence-corrected chi connectivity index (χ4v) is 4.59. The summed E-state index contributed by atoms with van der Waals surface area (Å²) in [5, 5.41) is 16.5. The molecule has 2 aliphatic rings. The summed E-state index contributed by atoms with van der Waals surface area (Å²) in [6.07, 6.45) is 4.42. The first-order chi connectivity index (χ1) is 14.7. The normalized spacial score (nSPS) is 19.4. The quantitative estimate of drug-likeness (QED) is 0.646. The molecule has 162 valence electrons. The molecule has 1 aromatic carbocycles. The number of hydrogen-bond donors (Lipinski definition) is 3. The Labute approximate surface area is 178 Å². The van der Waals surface area contributed by atoms with Crippen LogP contribution in [0.3, 0.4) is 0 Å². The molecule has 1 aromatic heterocycles. The highest BCUT2D eigenvalue weighted by Gasteiger charge is 2.28. The van der Waals surface area contributed by atoms with E-state index in [4.69, 9.17) is 14.7 Å². The highest BCUT2D eigenvalue weighted by molar-refractivity contribution is 5.47. The van der Waals surface area contributed by atoms with Crippen LogP contribution in [0.15, 0.2) is 18.2 Å². The number of fused-ring (bicyclic) bond motifs is 1. The van der Waals surface area contributed by atoms with E-state index in [1.807, 2.05) is 20.0 Å². The van der Waals surface area contributed by atoms with Gasteiger partial charge in [-0.1, -0.05) is 12.5 Å². The SMILES string of the molecule is CCOc1ccc(CN2CCCC[C@H]2c2nc3c(c(NC)n2)CCNC3)cc1CO. The van der Waals surface area contributed by atoms with Crippen molar-refractivity contribution in [3.05, 3.63) is 46.4 Å². The van der Waals surface area contributed by atoms with E-state index in [1.165, 1.54) is 24.0 Å². The van der Waals surface area contributed by atoms with Crippen LogP contribution in [-0.2, 0) is 26.1 Å². The number of anilines is 1. The first-order valence-electron chi connectivity index (χ1n) is 11.1. The maximum absolute atomic E-state index is 9.75. The van der Waals surface area contributed by atoms with Gasteiger partial charge in [0.15, 0.2) is 0 Å². The second-order valence-corrected chi connectivity index (χ2v) is 8.05. The second kappa shape index (κ2) is 9.73. The van der Waals surface area contributed by atoms with Gasteiger partial charge >= 0.3 is 0 Å². The van der Waals surface area contributed by atoms with Gasteiger partial charge in [0, 0.05) is 31.3 Å². The molecule has 0 amide bonds. The Kier molecular flexibility index (Phi) is 6.82. The third-order valence-electron chi connectivity index (χ3n) is 6.08. The smallest absolute Gasteiger partial charge is 0.148 e. The van der Waals surface area contributed by atoms with Crippen molar-refractivity contribution in [2.24, 2.45) is 0 Å². The van der Waals surface area contributed by atoms with Gasteiger partial charge in [0.2, 0.25) is 0 Å². The molecule has 0 radical (unpaired) electrons. The maximum Gasteiger partial charge on any atom is 0.148 e. The van der Waals surface area contributed by atoms with Crippen molar-refractivity contribution in [1.82, 2.24) is 20.2 Å². The number of hydrogen-bond acceptors (Lipinski definition) is 7. The fraction of sp³-hybridized carbons (Fsp3) is 0.565. The molecular formula is C23H33N5O2. The molecule has 1 fully saturated rings. The van der Waals surface area contributed by atoms with Crippen LogP contribution in [0, 0.1) is 0 Å². The van der Waals surface area contributed by atoms with Crippen molar-refractivity contribution in [3.63, 3.8) is 0 Å². The molecule has 2 aromatic rings. The predicted molar refractivity (Wildman–Crippen MR) is 118 cm³/mol. The average Bonchev–Trinajstić information content (AvgIpc) is 2.79. The van der Waals surface area contributed by atoms with E-state index in [0.29, 0.717) is 6.61 Å². The van der Waals surface area contributed by atoms with E-state index < -0.39 is 0 Å². The van der Waals surface area contributed by atoms with Gasteiger partial charge in [0.05, 0.1) is 24.9 Å². The number of nitrogens with one attached hydrogen (secondary N) is 2. The first-order valence-corrected chi connectivity index (χ1v) is 11.1. The Morgan fingerprint density at radius 2 is 2.20 bits per heavy atom. The molecule has 30 heavy (non-hydrogen) atoms. The molecule has 0 aliphatic carbocycles. The summed E-state index contributed by atoms with van der Waals surface area (Å²) >= 11 is 0. The highest BCUT2D eigenvalue weighted by atomic mass is 16.5. The summed E-state index contributed by atoms with van der Waals surface area (Å²) in [5.74, 6) is 2.67. The Hall–Kier alpha value is -2.22. The third kappa shape index (κ3) is 4.43. The highest BCUT2D eigenvalue weighted by Crippen LogP contribution is 2.33. The van der Waals surface area contributed by atoms with Crippen LogP contribution in [-0.4, -0.2) is 46.7 Å². The summed E-state index contributed by atoms with van der Waals surface area (Å²) in [7, 11) is 1.95. The van der Waals surface area contributed by atoms with Crippen LogP contribution in [0.5, 0.6) is 5.75 Å². The lowest BCUT2D eigenvalue weighted by molar-refractivity contribution is 0.133. The molecule has 0 unspecified atom stereocenters. The number of benzene rings is 1. The Balaban J connectivity index is 1.60. The lowest BCUT2D eigenvalue weighted by atomic mass is 9.99. The summed E-state index contributed by atoms with van der Waals surface area (Å²) < 4.78 is 5.64. The van der Waals surface area contributed by atoms with E-state index in [9.17, 15) is 5.11 Å². The van der Waals surface area contributed by atoms with E-state index in [0.717, 1.165) is 67.7 Å². The summed E-state index contributed by atoms with van der Waals surface area (Å²) in [4.78, 5) is 12.4. The van der Waals surface area contributed by atoms with Crippen LogP contribution >= 0.6 is 0 Å². The maximum atomic E-state index is 9.75. The number of aliphatic hydroxyl groups excluding tert-OH is 1. The number of aliphatic hydroxyl groups is 1. The molecule has 7 heteroatoms. The monoisotopic (exact) mass is 411 g/mol. The Bertz CT molecular complexity index is 856. The Morgan fingerprint density at radius 3 is 3.00 bits per heavy atom. The average molecular weight is 412 g/mol. The van der Waals surface area contributed by atoms with E-state index in [-0.39, 0.29) is 12.6 Å². The number of likely N-dealkylation sites (tertiary alicyclic amines) is 1. The minimum atomic E-state index is -0.0148. The summed E-state index contributed by atoms with van der Waals surface area (Å²) in [6.45, 7) is 6.17. The molecule has 0 saturated carbocycles. The molecule has 0 spiro atoms. The zero-order chi connectivity index (χ0) is 20.9. The molecule has 2 aliphatic heterocycles. The molecule has 1 atom stereocenters. The van der Waals surface area contributed by atoms with Gasteiger partial charge in [0.25, 0.3) is 0 Å². The fourth-order valence-electron chi connectivity index (χ4n) is 4.59. The van der Waals surface area contributed by atoms with Crippen molar-refractivity contribution >= 4 is 5.82 Å². The number of ether oxygens (including phenoxy) is 1. The van der Waals surface area contributed by atoms with Gasteiger partial charge in [-0.2, -0.15) is 0 Å². The van der Waals surface area contributed by atoms with Crippen molar-refractivity contribution in [2.75, 3.05) is 32.1 Å². The van der Waals surface area contributed by atoms with Gasteiger partial charge in [0.1, 0.15) is 17.4 Å². The summed E-state index contributed by atoms with van der Waals surface area (Å²) in [6, 6.07) is 6.35. The molecular weight excluding hydrogens is 378 g/mol. The van der Waals surface area contributed by atoms with Crippen molar-refractivity contribution in [3.8, 4) is 5.75 Å². The van der Waals surface area contributed by atoms with Crippen LogP contribution in [0.2, 0.25) is 0 Å². The first kappa shape index (κ1) is 21.0. The molecule has 3 N–H and O–H groups in total. The predicted octanol–water partition coefficient (Wildman–Crippen LogP) is 2.78. The van der Waals surface area contributed by atoms with Crippen LogP contribution in [0.4, 0.5) is 5.82 Å². The van der Waals surface area contributed by atoms with Gasteiger partial charge in [-0.05, 0) is 57.0 Å². The van der Waals surface area contributed by atoms with E-state index >= 15 is 0 Å². The lowest BCUT2D eigenvalue weighted by Gasteiger charge is -2.35. The molecule has 7 nitrogen and oxygen atoms in total. The Morgan fingerprint density at radius 1 is 1.30 bits per heavy atom. The zero-order valence-corrected chi connectivity index (χ0v) is 18.1. The number of aromatic nitrogens is 2. The van der Waals surface area contributed by atoms with E-state index in [2.05, 4.69) is 27.7 Å². The topological polar surface area (TPSA) is 82.5 Å². The molecule has 4 rings (SSSR count). The van der Waals surface area contributed by atoms with Crippen molar-refractivity contribution in [1.29, 1.82) is 0 Å². The largest absolute Gasteiger partial charge is 0.494 e. The molecule has 3 heterocycles. The summed E-state index contributed by atoms with van der Waals surface area (Å²) in [5.41, 5.74) is 4.41. The van der Waals surface area contributed by atoms with Gasteiger partial charge in [-0.15, -0.1) is 0 Å². The zero-order valence-electron chi connectivity index (χ0n) is 18.1. The number of piperidine rings is 1. The number of rotatable bonds is 7. The minimum absolute atomic E-state index is 0.0148. The van der Waals surface area contributed by atoms with Gasteiger partial charge in [-0.25, -0.2) is 9.97 Å². The van der Waals surface area contributed by atoms with E-state index in [1.54, 1.807) is 0 Å². The number of nitrogens with zero attached hydrogens (tertiary/aromatic N) is 3. The third-order valence-corrected chi connectivity index (χ3v) is 6.08. The van der Waals surface area contributed by atoms with Gasteiger partial charge in [-0.3, -0.25) is 4.90 Å². The molecule has 0 bridgehead atoms.